The van der Waals surface area contributed by atoms with Crippen molar-refractivity contribution in [2.75, 3.05) is 0 Å². The molecule has 0 bridgehead atoms. The molecule has 0 atom stereocenters. The minimum Gasteiger partial charge on any atom is -0.416 e. The minimum atomic E-state index is 0.423. The van der Waals surface area contributed by atoms with Crippen molar-refractivity contribution >= 4 is 11.1 Å². The van der Waals surface area contributed by atoms with Crippen LogP contribution < -0.4 is 0 Å². The largest absolute Gasteiger partial charge is 0.416 e. The van der Waals surface area contributed by atoms with E-state index in [1.54, 1.807) is 18.6 Å². The van der Waals surface area contributed by atoms with Crippen molar-refractivity contribution in [3.8, 4) is 22.9 Å². The predicted octanol–water partition coefficient (Wildman–Crippen LogP) is 3.99. The Balaban J connectivity index is 1.55. The molecule has 0 radical (unpaired) electrons. The van der Waals surface area contributed by atoms with Crippen LogP contribution in [0.5, 0.6) is 0 Å². The van der Waals surface area contributed by atoms with Gasteiger partial charge < -0.3 is 8.94 Å². The molecule has 5 rings (SSSR count). The van der Waals surface area contributed by atoms with E-state index in [-0.39, 0.29) is 0 Å². The van der Waals surface area contributed by atoms with E-state index in [9.17, 15) is 0 Å². The summed E-state index contributed by atoms with van der Waals surface area (Å²) in [5.74, 6) is 1.31. The molecular formula is C18H15N5O2. The summed E-state index contributed by atoms with van der Waals surface area (Å²) in [6.07, 6.45) is 9.85. The van der Waals surface area contributed by atoms with Gasteiger partial charge in [-0.2, -0.15) is 0 Å². The minimum absolute atomic E-state index is 0.423. The van der Waals surface area contributed by atoms with Crippen molar-refractivity contribution in [2.24, 2.45) is 0 Å². The van der Waals surface area contributed by atoms with E-state index < -0.39 is 0 Å². The molecule has 4 aromatic rings. The Hall–Kier alpha value is -3.09. The Bertz CT molecular complexity index is 1020. The van der Waals surface area contributed by atoms with E-state index in [2.05, 4.69) is 25.3 Å². The van der Waals surface area contributed by atoms with Crippen LogP contribution in [0.15, 0.2) is 45.7 Å². The number of hydrogen-bond acceptors (Lipinski definition) is 7. The molecule has 7 heteroatoms. The van der Waals surface area contributed by atoms with Crippen molar-refractivity contribution in [1.29, 1.82) is 0 Å². The molecular weight excluding hydrogens is 318 g/mol. The third-order valence-corrected chi connectivity index (χ3v) is 4.68. The van der Waals surface area contributed by atoms with Crippen LogP contribution in [0.1, 0.15) is 37.3 Å². The van der Waals surface area contributed by atoms with Gasteiger partial charge in [-0.25, -0.2) is 4.98 Å². The quantitative estimate of drug-likeness (QED) is 0.559. The first-order valence-electron chi connectivity index (χ1n) is 8.38. The molecule has 1 aliphatic rings. The number of hydrogen-bond donors (Lipinski definition) is 0. The lowest BCUT2D eigenvalue weighted by Gasteiger charge is -2.03. The third kappa shape index (κ3) is 2.48. The molecule has 25 heavy (non-hydrogen) atoms. The first-order chi connectivity index (χ1) is 12.4. The van der Waals surface area contributed by atoms with Gasteiger partial charge in [-0.05, 0) is 31.0 Å². The molecule has 0 amide bonds. The fraction of sp³-hybridized carbons (Fsp3) is 0.278. The predicted molar refractivity (Wildman–Crippen MR) is 89.5 cm³/mol. The lowest BCUT2D eigenvalue weighted by Crippen LogP contribution is -1.93. The zero-order chi connectivity index (χ0) is 16.6. The maximum atomic E-state index is 5.79. The number of nitrogens with zero attached hydrogens (tertiary/aromatic N) is 5. The molecule has 4 aromatic heterocycles. The highest BCUT2D eigenvalue weighted by molar-refractivity contribution is 5.80. The normalized spacial score (nSPS) is 15.2. The summed E-state index contributed by atoms with van der Waals surface area (Å²) in [6, 6.07) is 5.69. The molecule has 1 fully saturated rings. The van der Waals surface area contributed by atoms with Gasteiger partial charge in [-0.15, -0.1) is 10.2 Å². The maximum Gasteiger partial charge on any atom is 0.257 e. The summed E-state index contributed by atoms with van der Waals surface area (Å²) in [5, 5.41) is 13.4. The van der Waals surface area contributed by atoms with Gasteiger partial charge in [0.25, 0.3) is 5.71 Å². The molecule has 0 aliphatic heterocycles. The molecule has 0 unspecified atom stereocenters. The Morgan fingerprint density at radius 1 is 1.00 bits per heavy atom. The van der Waals surface area contributed by atoms with Crippen molar-refractivity contribution in [2.45, 2.75) is 31.6 Å². The number of aromatic nitrogens is 5. The molecule has 1 saturated carbocycles. The Morgan fingerprint density at radius 3 is 2.64 bits per heavy atom. The number of fused-ring (bicyclic) bond motifs is 1. The van der Waals surface area contributed by atoms with Crippen LogP contribution in [0.2, 0.25) is 0 Å². The Labute approximate surface area is 143 Å². The zero-order valence-corrected chi connectivity index (χ0v) is 13.4. The molecule has 1 aliphatic carbocycles. The van der Waals surface area contributed by atoms with Crippen LogP contribution in [0.25, 0.3) is 34.0 Å². The lowest BCUT2D eigenvalue weighted by atomic mass is 10.0. The van der Waals surface area contributed by atoms with Crippen molar-refractivity contribution in [3.05, 3.63) is 42.5 Å². The first kappa shape index (κ1) is 14.3. The Morgan fingerprint density at radius 2 is 1.84 bits per heavy atom. The van der Waals surface area contributed by atoms with E-state index in [4.69, 9.17) is 8.94 Å². The summed E-state index contributed by atoms with van der Waals surface area (Å²) in [6.45, 7) is 0. The smallest absolute Gasteiger partial charge is 0.257 e. The van der Waals surface area contributed by atoms with Crippen LogP contribution in [0.3, 0.4) is 0 Å². The molecule has 0 spiro atoms. The molecule has 7 nitrogen and oxygen atoms in total. The first-order valence-corrected chi connectivity index (χ1v) is 8.38. The van der Waals surface area contributed by atoms with Gasteiger partial charge in [0.15, 0.2) is 0 Å². The zero-order valence-electron chi connectivity index (χ0n) is 13.4. The summed E-state index contributed by atoms with van der Waals surface area (Å²) < 4.78 is 11.2. The van der Waals surface area contributed by atoms with E-state index >= 15 is 0 Å². The SMILES string of the molecule is c1cncc(-c2nnc(-c3cnc4onc(C5CCCC5)c4c3)o2)c1. The van der Waals surface area contributed by atoms with Crippen molar-refractivity contribution in [1.82, 2.24) is 25.3 Å². The lowest BCUT2D eigenvalue weighted by molar-refractivity contribution is 0.430. The Kier molecular flexibility index (Phi) is 3.29. The summed E-state index contributed by atoms with van der Waals surface area (Å²) >= 11 is 0. The molecule has 0 saturated heterocycles. The fourth-order valence-electron chi connectivity index (χ4n) is 3.41. The van der Waals surface area contributed by atoms with Gasteiger partial charge in [0, 0.05) is 24.5 Å². The van der Waals surface area contributed by atoms with E-state index in [0.29, 0.717) is 23.4 Å². The standard InChI is InChI=1S/C18H15N5O2/c1-2-5-11(4-1)15-14-8-13(10-20-18(14)25-23-15)17-22-21-16(24-17)12-6-3-7-19-9-12/h3,6-11H,1-2,4-5H2. The molecule has 0 aromatic carbocycles. The summed E-state index contributed by atoms with van der Waals surface area (Å²) in [5.41, 5.74) is 3.09. The maximum absolute atomic E-state index is 5.79. The van der Waals surface area contributed by atoms with Gasteiger partial charge >= 0.3 is 0 Å². The van der Waals surface area contributed by atoms with Crippen LogP contribution in [0.4, 0.5) is 0 Å². The molecule has 4 heterocycles. The fourth-order valence-corrected chi connectivity index (χ4v) is 3.41. The van der Waals surface area contributed by atoms with Crippen LogP contribution in [0, 0.1) is 0 Å². The van der Waals surface area contributed by atoms with Crippen LogP contribution in [-0.2, 0) is 0 Å². The topological polar surface area (TPSA) is 90.7 Å². The summed E-state index contributed by atoms with van der Waals surface area (Å²) in [4.78, 5) is 8.43. The molecule has 0 N–H and O–H groups in total. The average molecular weight is 333 g/mol. The van der Waals surface area contributed by atoms with Gasteiger partial charge in [-0.1, -0.05) is 18.0 Å². The van der Waals surface area contributed by atoms with Gasteiger partial charge in [0.05, 0.1) is 22.2 Å². The summed E-state index contributed by atoms with van der Waals surface area (Å²) in [7, 11) is 0. The van der Waals surface area contributed by atoms with E-state index in [1.165, 1.54) is 12.8 Å². The van der Waals surface area contributed by atoms with Crippen LogP contribution in [-0.4, -0.2) is 25.3 Å². The monoisotopic (exact) mass is 333 g/mol. The van der Waals surface area contributed by atoms with E-state index in [0.717, 1.165) is 35.0 Å². The average Bonchev–Trinajstić information content (AvgIpc) is 3.41. The number of pyridine rings is 2. The second-order valence-corrected chi connectivity index (χ2v) is 6.28. The van der Waals surface area contributed by atoms with Crippen molar-refractivity contribution in [3.63, 3.8) is 0 Å². The second-order valence-electron chi connectivity index (χ2n) is 6.28. The highest BCUT2D eigenvalue weighted by Gasteiger charge is 2.24. The van der Waals surface area contributed by atoms with Gasteiger partial charge in [-0.3, -0.25) is 4.98 Å². The van der Waals surface area contributed by atoms with E-state index in [1.807, 2.05) is 18.2 Å². The second kappa shape index (κ2) is 5.77. The highest BCUT2D eigenvalue weighted by atomic mass is 16.5. The van der Waals surface area contributed by atoms with Gasteiger partial charge in [0.1, 0.15) is 0 Å². The van der Waals surface area contributed by atoms with Crippen molar-refractivity contribution < 1.29 is 8.94 Å². The third-order valence-electron chi connectivity index (χ3n) is 4.68. The van der Waals surface area contributed by atoms with Gasteiger partial charge in [0.2, 0.25) is 11.8 Å². The molecule has 124 valence electrons. The van der Waals surface area contributed by atoms with Crippen LogP contribution >= 0.6 is 0 Å². The highest BCUT2D eigenvalue weighted by Crippen LogP contribution is 2.37. The number of rotatable bonds is 3.